The minimum absolute atomic E-state index is 0. The van der Waals surface area contributed by atoms with Gasteiger partial charge >= 0.3 is 6.09 Å². The SMILES string of the molecule is CCOC(=O)N(CC(C)N1CCCCC1)c1cccs1.Cl. The molecule has 1 saturated heterocycles. The van der Waals surface area contributed by atoms with Crippen LogP contribution in [0.3, 0.4) is 0 Å². The molecule has 4 nitrogen and oxygen atoms in total. The number of piperidine rings is 1. The summed E-state index contributed by atoms with van der Waals surface area (Å²) in [7, 11) is 0. The van der Waals surface area contributed by atoms with E-state index in [0.29, 0.717) is 19.2 Å². The number of amides is 1. The number of rotatable bonds is 5. The minimum atomic E-state index is -0.237. The first-order valence-corrected chi connectivity index (χ1v) is 8.32. The number of carbonyl (C=O) groups is 1. The first kappa shape index (κ1) is 18.3. The zero-order chi connectivity index (χ0) is 14.4. The molecule has 0 aliphatic carbocycles. The molecule has 1 unspecified atom stereocenters. The summed E-state index contributed by atoms with van der Waals surface area (Å²) < 4.78 is 5.19. The molecule has 0 aromatic carbocycles. The lowest BCUT2D eigenvalue weighted by Crippen LogP contribution is -2.46. The van der Waals surface area contributed by atoms with E-state index in [1.54, 1.807) is 16.2 Å². The van der Waals surface area contributed by atoms with Gasteiger partial charge in [0.25, 0.3) is 0 Å². The predicted molar refractivity (Wildman–Crippen MR) is 90.8 cm³/mol. The van der Waals surface area contributed by atoms with Crippen LogP contribution in [0.2, 0.25) is 0 Å². The lowest BCUT2D eigenvalue weighted by molar-refractivity contribution is 0.149. The lowest BCUT2D eigenvalue weighted by Gasteiger charge is -2.34. The fourth-order valence-corrected chi connectivity index (χ4v) is 3.35. The van der Waals surface area contributed by atoms with Crippen molar-refractivity contribution in [1.82, 2.24) is 4.90 Å². The molecule has 120 valence electrons. The number of anilines is 1. The number of likely N-dealkylation sites (tertiary alicyclic amines) is 1. The number of halogens is 1. The Morgan fingerprint density at radius 1 is 1.43 bits per heavy atom. The standard InChI is InChI=1S/C15H24N2O2S.ClH/c1-3-19-15(18)17(14-8-7-11-20-14)12-13(2)16-9-5-4-6-10-16;/h7-8,11,13H,3-6,9-10,12H2,1-2H3;1H. The van der Waals surface area contributed by atoms with Crippen molar-refractivity contribution < 1.29 is 9.53 Å². The van der Waals surface area contributed by atoms with E-state index in [9.17, 15) is 4.79 Å². The molecular weight excluding hydrogens is 308 g/mol. The topological polar surface area (TPSA) is 32.8 Å². The van der Waals surface area contributed by atoms with Crippen LogP contribution in [-0.4, -0.2) is 43.3 Å². The second-order valence-electron chi connectivity index (χ2n) is 5.21. The maximum atomic E-state index is 12.2. The lowest BCUT2D eigenvalue weighted by atomic mass is 10.1. The van der Waals surface area contributed by atoms with Crippen molar-refractivity contribution in [2.45, 2.75) is 39.2 Å². The van der Waals surface area contributed by atoms with Crippen LogP contribution in [0.4, 0.5) is 9.80 Å². The summed E-state index contributed by atoms with van der Waals surface area (Å²) in [5.74, 6) is 0. The van der Waals surface area contributed by atoms with E-state index in [1.165, 1.54) is 19.3 Å². The van der Waals surface area contributed by atoms with Crippen LogP contribution in [0.25, 0.3) is 0 Å². The molecule has 0 bridgehead atoms. The zero-order valence-corrected chi connectivity index (χ0v) is 14.4. The Hall–Kier alpha value is -0.780. The highest BCUT2D eigenvalue weighted by atomic mass is 35.5. The molecule has 2 heterocycles. The van der Waals surface area contributed by atoms with Crippen molar-refractivity contribution in [2.75, 3.05) is 31.1 Å². The van der Waals surface area contributed by atoms with E-state index in [2.05, 4.69) is 11.8 Å². The van der Waals surface area contributed by atoms with Gasteiger partial charge in [-0.1, -0.05) is 6.42 Å². The number of carbonyl (C=O) groups excluding carboxylic acids is 1. The third kappa shape index (κ3) is 5.16. The second-order valence-corrected chi connectivity index (χ2v) is 6.13. The Bertz CT molecular complexity index is 408. The van der Waals surface area contributed by atoms with Gasteiger partial charge in [0, 0.05) is 12.6 Å². The minimum Gasteiger partial charge on any atom is -0.449 e. The van der Waals surface area contributed by atoms with Crippen molar-refractivity contribution in [3.8, 4) is 0 Å². The molecule has 1 amide bonds. The first-order valence-electron chi connectivity index (χ1n) is 7.44. The molecule has 0 spiro atoms. The van der Waals surface area contributed by atoms with Crippen molar-refractivity contribution in [2.24, 2.45) is 0 Å². The molecule has 1 aromatic rings. The van der Waals surface area contributed by atoms with Crippen LogP contribution in [0.15, 0.2) is 17.5 Å². The van der Waals surface area contributed by atoms with Crippen LogP contribution in [-0.2, 0) is 4.74 Å². The van der Waals surface area contributed by atoms with Crippen molar-refractivity contribution in [3.05, 3.63) is 17.5 Å². The van der Waals surface area contributed by atoms with E-state index in [-0.39, 0.29) is 18.5 Å². The van der Waals surface area contributed by atoms with Crippen molar-refractivity contribution in [3.63, 3.8) is 0 Å². The Morgan fingerprint density at radius 2 is 2.14 bits per heavy atom. The molecule has 1 fully saturated rings. The largest absolute Gasteiger partial charge is 0.449 e. The smallest absolute Gasteiger partial charge is 0.414 e. The molecule has 1 aliphatic heterocycles. The van der Waals surface area contributed by atoms with Crippen LogP contribution >= 0.6 is 23.7 Å². The maximum absolute atomic E-state index is 12.2. The van der Waals surface area contributed by atoms with E-state index in [4.69, 9.17) is 4.74 Å². The fraction of sp³-hybridized carbons (Fsp3) is 0.667. The molecule has 0 N–H and O–H groups in total. The highest BCUT2D eigenvalue weighted by Gasteiger charge is 2.24. The Morgan fingerprint density at radius 3 is 2.71 bits per heavy atom. The Labute approximate surface area is 137 Å². The molecule has 1 aromatic heterocycles. The van der Waals surface area contributed by atoms with Gasteiger partial charge in [-0.2, -0.15) is 0 Å². The average Bonchev–Trinajstić information content (AvgIpc) is 2.99. The summed E-state index contributed by atoms with van der Waals surface area (Å²) in [5.41, 5.74) is 0. The molecule has 0 saturated carbocycles. The number of nitrogens with zero attached hydrogens (tertiary/aromatic N) is 2. The fourth-order valence-electron chi connectivity index (χ4n) is 2.62. The van der Waals surface area contributed by atoms with Gasteiger partial charge in [-0.05, 0) is 57.3 Å². The van der Waals surface area contributed by atoms with Crippen LogP contribution in [0.1, 0.15) is 33.1 Å². The van der Waals surface area contributed by atoms with E-state index < -0.39 is 0 Å². The van der Waals surface area contributed by atoms with Crippen molar-refractivity contribution in [1.29, 1.82) is 0 Å². The summed E-state index contributed by atoms with van der Waals surface area (Å²) >= 11 is 1.58. The van der Waals surface area contributed by atoms with E-state index >= 15 is 0 Å². The molecule has 2 rings (SSSR count). The third-order valence-corrected chi connectivity index (χ3v) is 4.61. The average molecular weight is 333 g/mol. The number of hydrogen-bond acceptors (Lipinski definition) is 4. The zero-order valence-electron chi connectivity index (χ0n) is 12.8. The number of thiophene rings is 1. The van der Waals surface area contributed by atoms with Gasteiger partial charge < -0.3 is 4.74 Å². The Balaban J connectivity index is 0.00000220. The van der Waals surface area contributed by atoms with Gasteiger partial charge in [0.05, 0.1) is 6.61 Å². The normalized spacial score (nSPS) is 16.9. The quantitative estimate of drug-likeness (QED) is 0.816. The summed E-state index contributed by atoms with van der Waals surface area (Å²) in [4.78, 5) is 16.4. The van der Waals surface area contributed by atoms with E-state index in [0.717, 1.165) is 18.1 Å². The van der Waals surface area contributed by atoms with Crippen LogP contribution in [0.5, 0.6) is 0 Å². The van der Waals surface area contributed by atoms with E-state index in [1.807, 2.05) is 24.4 Å². The summed E-state index contributed by atoms with van der Waals surface area (Å²) in [5, 5.41) is 2.96. The number of hydrogen-bond donors (Lipinski definition) is 0. The summed E-state index contributed by atoms with van der Waals surface area (Å²) in [6.45, 7) is 7.44. The van der Waals surface area contributed by atoms with Crippen LogP contribution in [0, 0.1) is 0 Å². The highest BCUT2D eigenvalue weighted by molar-refractivity contribution is 7.14. The van der Waals surface area contributed by atoms with Gasteiger partial charge in [-0.3, -0.25) is 9.80 Å². The number of ether oxygens (including phenoxy) is 1. The monoisotopic (exact) mass is 332 g/mol. The third-order valence-electron chi connectivity index (χ3n) is 3.72. The van der Waals surface area contributed by atoms with Gasteiger partial charge in [0.15, 0.2) is 0 Å². The van der Waals surface area contributed by atoms with Gasteiger partial charge in [-0.15, -0.1) is 23.7 Å². The van der Waals surface area contributed by atoms with Gasteiger partial charge in [0.1, 0.15) is 5.00 Å². The van der Waals surface area contributed by atoms with Crippen LogP contribution < -0.4 is 4.90 Å². The molecule has 0 radical (unpaired) electrons. The summed E-state index contributed by atoms with van der Waals surface area (Å²) in [6.07, 6.45) is 3.63. The first-order chi connectivity index (χ1) is 9.72. The highest BCUT2D eigenvalue weighted by Crippen LogP contribution is 2.23. The van der Waals surface area contributed by atoms with Gasteiger partial charge in [-0.25, -0.2) is 4.79 Å². The predicted octanol–water partition coefficient (Wildman–Crippen LogP) is 4.01. The molecule has 1 aliphatic rings. The second kappa shape index (κ2) is 9.28. The summed E-state index contributed by atoms with van der Waals surface area (Å²) in [6, 6.07) is 4.31. The molecule has 21 heavy (non-hydrogen) atoms. The molecule has 6 heteroatoms. The van der Waals surface area contributed by atoms with Crippen molar-refractivity contribution >= 4 is 34.8 Å². The maximum Gasteiger partial charge on any atom is 0.414 e. The molecular formula is C15H25ClN2O2S. The Kier molecular flexibility index (Phi) is 8.07. The van der Waals surface area contributed by atoms with Gasteiger partial charge in [0.2, 0.25) is 0 Å². The molecule has 1 atom stereocenters.